The Balaban J connectivity index is 2.63. The number of hydrogen-bond donors (Lipinski definition) is 0. The molecule has 0 aliphatic carbocycles. The minimum atomic E-state index is 0.175. The largest absolute Gasteiger partial charge is 0.303 e. The van der Waals surface area contributed by atoms with Crippen LogP contribution in [0.5, 0.6) is 0 Å². The smallest absolute Gasteiger partial charge is 0.256 e. The number of para-hydroxylation sites is 1. The molecule has 0 N–H and O–H groups in total. The van der Waals surface area contributed by atoms with Gasteiger partial charge in [-0.1, -0.05) is 18.2 Å². The van der Waals surface area contributed by atoms with Gasteiger partial charge in [0.15, 0.2) is 0 Å². The number of hydrogen-bond acceptors (Lipinski definition) is 1. The highest BCUT2D eigenvalue weighted by atomic mass is 16.1. The molecular formula is C10H7NO. The molecular weight excluding hydrogens is 150 g/mol. The molecule has 0 amide bonds. The van der Waals surface area contributed by atoms with Crippen LogP contribution in [0.15, 0.2) is 35.1 Å². The number of aromatic nitrogens is 1. The van der Waals surface area contributed by atoms with Gasteiger partial charge in [0.05, 0.1) is 12.1 Å². The maximum atomic E-state index is 11.3. The lowest BCUT2D eigenvalue weighted by Crippen LogP contribution is -2.35. The van der Waals surface area contributed by atoms with E-state index in [0.717, 1.165) is 17.6 Å². The third kappa shape index (κ3) is 0.537. The fourth-order valence-electron chi connectivity index (χ4n) is 1.74. The van der Waals surface area contributed by atoms with Gasteiger partial charge in [0.25, 0.3) is 5.56 Å². The molecule has 12 heavy (non-hydrogen) atoms. The fraction of sp³-hybridized carbons (Fsp3) is 0.100. The summed E-state index contributed by atoms with van der Waals surface area (Å²) in [6.07, 6.45) is 0. The Morgan fingerprint density at radius 1 is 1.25 bits per heavy atom. The summed E-state index contributed by atoms with van der Waals surface area (Å²) in [6.45, 7) is 0.801. The Morgan fingerprint density at radius 2 is 2.08 bits per heavy atom. The minimum Gasteiger partial charge on any atom is -0.303 e. The van der Waals surface area contributed by atoms with Crippen LogP contribution in [0.4, 0.5) is 0 Å². The number of pyridine rings is 1. The molecule has 1 aromatic heterocycles. The fourth-order valence-corrected chi connectivity index (χ4v) is 1.74. The molecule has 2 nitrogen and oxygen atoms in total. The molecule has 0 atom stereocenters. The van der Waals surface area contributed by atoms with Gasteiger partial charge in [-0.2, -0.15) is 0 Å². The van der Waals surface area contributed by atoms with Crippen LogP contribution in [-0.2, 0) is 6.54 Å². The van der Waals surface area contributed by atoms with Crippen molar-refractivity contribution in [1.29, 1.82) is 0 Å². The van der Waals surface area contributed by atoms with E-state index in [1.807, 2.05) is 34.9 Å². The summed E-state index contributed by atoms with van der Waals surface area (Å²) < 4.78 is 1.81. The number of rotatable bonds is 0. The van der Waals surface area contributed by atoms with Crippen molar-refractivity contribution in [3.05, 3.63) is 46.2 Å². The van der Waals surface area contributed by atoms with Crippen LogP contribution in [0.2, 0.25) is 0 Å². The van der Waals surface area contributed by atoms with E-state index < -0.39 is 0 Å². The summed E-state index contributed by atoms with van der Waals surface area (Å²) in [7, 11) is 0. The van der Waals surface area contributed by atoms with Crippen LogP contribution >= 0.6 is 0 Å². The van der Waals surface area contributed by atoms with E-state index >= 15 is 0 Å². The number of nitrogens with zero attached hydrogens (tertiary/aromatic N) is 1. The van der Waals surface area contributed by atoms with Gasteiger partial charge in [0.1, 0.15) is 0 Å². The van der Waals surface area contributed by atoms with Crippen molar-refractivity contribution in [3.8, 4) is 0 Å². The lowest BCUT2D eigenvalue weighted by atomic mass is 10.1. The number of benzene rings is 1. The summed E-state index contributed by atoms with van der Waals surface area (Å²) in [5, 5.41) is 1.17. The van der Waals surface area contributed by atoms with Crippen LogP contribution in [0.3, 0.4) is 0 Å². The van der Waals surface area contributed by atoms with E-state index in [1.165, 1.54) is 5.39 Å². The molecule has 0 spiro atoms. The van der Waals surface area contributed by atoms with Gasteiger partial charge in [-0.25, -0.2) is 0 Å². The molecule has 2 aromatic rings. The van der Waals surface area contributed by atoms with Crippen LogP contribution in [-0.4, -0.2) is 4.57 Å². The van der Waals surface area contributed by atoms with Crippen molar-refractivity contribution < 1.29 is 0 Å². The first-order valence-electron chi connectivity index (χ1n) is 3.98. The Hall–Kier alpha value is -1.57. The van der Waals surface area contributed by atoms with Gasteiger partial charge >= 0.3 is 0 Å². The topological polar surface area (TPSA) is 22.0 Å². The molecule has 4 rings (SSSR count). The van der Waals surface area contributed by atoms with Gasteiger partial charge in [0.2, 0.25) is 0 Å². The predicted molar refractivity (Wildman–Crippen MR) is 47.3 cm³/mol. The molecule has 2 aliphatic heterocycles. The second kappa shape index (κ2) is 1.78. The SMILES string of the molecule is O=c1c2cc3ccccc3n1C2. The first kappa shape index (κ1) is 6.00. The molecule has 1 aromatic carbocycles. The molecule has 0 unspecified atom stereocenters. The average molecular weight is 157 g/mol. The monoisotopic (exact) mass is 157 g/mol. The molecule has 2 aliphatic rings. The van der Waals surface area contributed by atoms with Gasteiger partial charge < -0.3 is 4.57 Å². The van der Waals surface area contributed by atoms with Crippen LogP contribution < -0.4 is 5.56 Å². The van der Waals surface area contributed by atoms with Gasteiger partial charge in [0, 0.05) is 5.56 Å². The van der Waals surface area contributed by atoms with Crippen LogP contribution in [0.25, 0.3) is 10.9 Å². The van der Waals surface area contributed by atoms with E-state index in [2.05, 4.69) is 0 Å². The zero-order valence-electron chi connectivity index (χ0n) is 6.45. The highest BCUT2D eigenvalue weighted by Crippen LogP contribution is 2.19. The third-order valence-electron chi connectivity index (χ3n) is 2.41. The summed E-state index contributed by atoms with van der Waals surface area (Å²) in [4.78, 5) is 11.3. The van der Waals surface area contributed by atoms with Gasteiger partial charge in [-0.15, -0.1) is 0 Å². The molecule has 2 bridgehead atoms. The average Bonchev–Trinajstić information content (AvgIpc) is 2.16. The first-order valence-corrected chi connectivity index (χ1v) is 3.98. The Morgan fingerprint density at radius 3 is 2.92 bits per heavy atom. The Kier molecular flexibility index (Phi) is 0.888. The van der Waals surface area contributed by atoms with E-state index in [4.69, 9.17) is 0 Å². The summed E-state index contributed by atoms with van der Waals surface area (Å²) in [5.74, 6) is 0. The zero-order valence-corrected chi connectivity index (χ0v) is 6.45. The van der Waals surface area contributed by atoms with Crippen molar-refractivity contribution in [2.45, 2.75) is 6.54 Å². The maximum absolute atomic E-state index is 11.3. The molecule has 0 fully saturated rings. The highest BCUT2D eigenvalue weighted by molar-refractivity contribution is 5.81. The van der Waals surface area contributed by atoms with Gasteiger partial charge in [-0.05, 0) is 17.5 Å². The molecule has 0 saturated carbocycles. The van der Waals surface area contributed by atoms with E-state index in [-0.39, 0.29) is 5.56 Å². The van der Waals surface area contributed by atoms with Crippen molar-refractivity contribution in [3.63, 3.8) is 0 Å². The second-order valence-electron chi connectivity index (χ2n) is 3.12. The predicted octanol–water partition coefficient (Wildman–Crippen LogP) is 1.36. The van der Waals surface area contributed by atoms with E-state index in [0.29, 0.717) is 0 Å². The highest BCUT2D eigenvalue weighted by Gasteiger charge is 2.17. The normalized spacial score (nSPS) is 13.0. The first-order chi connectivity index (χ1) is 5.86. The standard InChI is InChI=1S/C10H7NO/c12-10-8-5-7-3-1-2-4-9(7)11(10)6-8/h1-5H,6H2. The van der Waals surface area contributed by atoms with Gasteiger partial charge in [-0.3, -0.25) is 4.79 Å². The second-order valence-corrected chi connectivity index (χ2v) is 3.12. The molecule has 2 heteroatoms. The van der Waals surface area contributed by atoms with Crippen LogP contribution in [0.1, 0.15) is 5.56 Å². The summed E-state index contributed by atoms with van der Waals surface area (Å²) in [5.41, 5.74) is 2.17. The lowest BCUT2D eigenvalue weighted by molar-refractivity contribution is 0.691. The maximum Gasteiger partial charge on any atom is 0.256 e. The lowest BCUT2D eigenvalue weighted by Gasteiger charge is -2.19. The van der Waals surface area contributed by atoms with E-state index in [9.17, 15) is 4.79 Å². The minimum absolute atomic E-state index is 0.175. The molecule has 58 valence electrons. The van der Waals surface area contributed by atoms with Crippen molar-refractivity contribution in [2.75, 3.05) is 0 Å². The Bertz CT molecular complexity index is 525. The zero-order chi connectivity index (χ0) is 8.13. The van der Waals surface area contributed by atoms with Crippen molar-refractivity contribution in [1.82, 2.24) is 4.57 Å². The Labute approximate surface area is 69.1 Å². The summed E-state index contributed by atoms with van der Waals surface area (Å²) >= 11 is 0. The quantitative estimate of drug-likeness (QED) is 0.483. The van der Waals surface area contributed by atoms with Crippen molar-refractivity contribution in [2.24, 2.45) is 0 Å². The van der Waals surface area contributed by atoms with E-state index in [1.54, 1.807) is 0 Å². The summed E-state index contributed by atoms with van der Waals surface area (Å²) in [6, 6.07) is 9.96. The van der Waals surface area contributed by atoms with Crippen molar-refractivity contribution >= 4 is 10.9 Å². The van der Waals surface area contributed by atoms with Crippen LogP contribution in [0, 0.1) is 0 Å². The molecule has 0 saturated heterocycles. The molecule has 0 radical (unpaired) electrons. The molecule has 3 heterocycles. The third-order valence-corrected chi connectivity index (χ3v) is 2.41.